The molecule has 0 amide bonds. The summed E-state index contributed by atoms with van der Waals surface area (Å²) in [5, 5.41) is 0. The van der Waals surface area contributed by atoms with Gasteiger partial charge < -0.3 is 14.2 Å². The molecule has 142 valence electrons. The number of benzene rings is 3. The lowest BCUT2D eigenvalue weighted by Crippen LogP contribution is -1.96. The van der Waals surface area contributed by atoms with Gasteiger partial charge in [0.2, 0.25) is 5.75 Å². The van der Waals surface area contributed by atoms with Gasteiger partial charge in [-0.05, 0) is 34.9 Å². The maximum atomic E-state index is 12.5. The molecular weight excluding hydrogens is 352 g/mol. The zero-order valence-corrected chi connectivity index (χ0v) is 16.1. The van der Waals surface area contributed by atoms with Crippen molar-refractivity contribution in [3.05, 3.63) is 83.9 Å². The van der Waals surface area contributed by atoms with Crippen LogP contribution in [0.3, 0.4) is 0 Å². The van der Waals surface area contributed by atoms with Gasteiger partial charge in [-0.1, -0.05) is 60.7 Å². The summed E-state index contributed by atoms with van der Waals surface area (Å²) < 4.78 is 16.0. The highest BCUT2D eigenvalue weighted by atomic mass is 16.5. The number of hydrogen-bond donors (Lipinski definition) is 0. The smallest absolute Gasteiger partial charge is 0.203 e. The summed E-state index contributed by atoms with van der Waals surface area (Å²) in [7, 11) is 4.67. The first-order chi connectivity index (χ1) is 13.7. The number of ether oxygens (including phenoxy) is 3. The molecule has 0 unspecified atom stereocenters. The van der Waals surface area contributed by atoms with Gasteiger partial charge in [0.1, 0.15) is 0 Å². The molecule has 4 heteroatoms. The van der Waals surface area contributed by atoms with Crippen LogP contribution >= 0.6 is 0 Å². The molecule has 4 nitrogen and oxygen atoms in total. The molecule has 0 aliphatic heterocycles. The van der Waals surface area contributed by atoms with Crippen molar-refractivity contribution >= 4 is 11.9 Å². The zero-order valence-electron chi connectivity index (χ0n) is 16.1. The largest absolute Gasteiger partial charge is 0.493 e. The van der Waals surface area contributed by atoms with Gasteiger partial charge in [0.25, 0.3) is 0 Å². The first kappa shape index (κ1) is 19.2. The van der Waals surface area contributed by atoms with Crippen molar-refractivity contribution in [1.29, 1.82) is 0 Å². The van der Waals surface area contributed by atoms with Gasteiger partial charge in [-0.25, -0.2) is 0 Å². The predicted octanol–water partition coefficient (Wildman–Crippen LogP) is 5.28. The SMILES string of the molecule is COc1cc(/C=C/C(=O)c2ccc(-c3ccccc3)cc2)cc(OC)c1OC. The Balaban J connectivity index is 1.80. The average Bonchev–Trinajstić information content (AvgIpc) is 2.77. The van der Waals surface area contributed by atoms with Crippen LogP contribution in [0.4, 0.5) is 0 Å². The molecule has 3 aromatic carbocycles. The van der Waals surface area contributed by atoms with Crippen molar-refractivity contribution in [2.24, 2.45) is 0 Å². The summed E-state index contributed by atoms with van der Waals surface area (Å²) in [5.74, 6) is 1.53. The number of carbonyl (C=O) groups is 1. The molecule has 0 radical (unpaired) electrons. The van der Waals surface area contributed by atoms with Crippen LogP contribution in [0, 0.1) is 0 Å². The molecule has 28 heavy (non-hydrogen) atoms. The third-order valence-corrected chi connectivity index (χ3v) is 4.39. The van der Waals surface area contributed by atoms with E-state index in [9.17, 15) is 4.79 Å². The van der Waals surface area contributed by atoms with Crippen LogP contribution in [0.1, 0.15) is 15.9 Å². The Labute approximate surface area is 165 Å². The standard InChI is InChI=1S/C24H22O4/c1-26-22-15-17(16-23(27-2)24(22)28-3)9-14-21(25)20-12-10-19(11-13-20)18-7-5-4-6-8-18/h4-16H,1-3H3/b14-9+. The first-order valence-electron chi connectivity index (χ1n) is 8.84. The van der Waals surface area contributed by atoms with Crippen molar-refractivity contribution < 1.29 is 19.0 Å². The number of methoxy groups -OCH3 is 3. The second kappa shape index (κ2) is 8.91. The van der Waals surface area contributed by atoms with Crippen molar-refractivity contribution in [2.75, 3.05) is 21.3 Å². The fourth-order valence-corrected chi connectivity index (χ4v) is 2.92. The summed E-state index contributed by atoms with van der Waals surface area (Å²) in [5.41, 5.74) is 3.60. The number of carbonyl (C=O) groups excluding carboxylic acids is 1. The van der Waals surface area contributed by atoms with E-state index in [0.717, 1.165) is 16.7 Å². The zero-order chi connectivity index (χ0) is 19.9. The molecule has 0 saturated heterocycles. The Kier molecular flexibility index (Phi) is 6.12. The molecule has 0 aliphatic rings. The molecule has 0 N–H and O–H groups in total. The summed E-state index contributed by atoms with van der Waals surface area (Å²) >= 11 is 0. The second-order valence-electron chi connectivity index (χ2n) is 6.10. The second-order valence-corrected chi connectivity index (χ2v) is 6.10. The van der Waals surface area contributed by atoms with E-state index in [1.54, 1.807) is 39.5 Å². The number of ketones is 1. The molecule has 0 saturated carbocycles. The maximum absolute atomic E-state index is 12.5. The molecule has 3 rings (SSSR count). The van der Waals surface area contributed by atoms with Gasteiger partial charge in [0.05, 0.1) is 21.3 Å². The van der Waals surface area contributed by atoms with Crippen molar-refractivity contribution in [2.45, 2.75) is 0 Å². The Morgan fingerprint density at radius 2 is 1.32 bits per heavy atom. The number of rotatable bonds is 7. The highest BCUT2D eigenvalue weighted by Gasteiger charge is 2.12. The minimum absolute atomic E-state index is 0.0756. The van der Waals surface area contributed by atoms with E-state index in [-0.39, 0.29) is 5.78 Å². The molecule has 3 aromatic rings. The summed E-state index contributed by atoms with van der Waals surface area (Å²) in [4.78, 5) is 12.5. The summed E-state index contributed by atoms with van der Waals surface area (Å²) in [6, 6.07) is 21.2. The lowest BCUT2D eigenvalue weighted by Gasteiger charge is -2.12. The van der Waals surface area contributed by atoms with Gasteiger partial charge in [0, 0.05) is 5.56 Å². The quantitative estimate of drug-likeness (QED) is 0.417. The van der Waals surface area contributed by atoms with Gasteiger partial charge in [-0.3, -0.25) is 4.79 Å². The van der Waals surface area contributed by atoms with Gasteiger partial charge >= 0.3 is 0 Å². The van der Waals surface area contributed by atoms with Crippen LogP contribution < -0.4 is 14.2 Å². The van der Waals surface area contributed by atoms with Crippen LogP contribution in [0.25, 0.3) is 17.2 Å². The number of hydrogen-bond acceptors (Lipinski definition) is 4. The Morgan fingerprint density at radius 1 is 0.750 bits per heavy atom. The Bertz CT molecular complexity index is 948. The third-order valence-electron chi connectivity index (χ3n) is 4.39. The lowest BCUT2D eigenvalue weighted by atomic mass is 10.0. The van der Waals surface area contributed by atoms with E-state index in [4.69, 9.17) is 14.2 Å². The molecule has 0 aromatic heterocycles. The molecule has 0 heterocycles. The first-order valence-corrected chi connectivity index (χ1v) is 8.84. The van der Waals surface area contributed by atoms with E-state index in [0.29, 0.717) is 22.8 Å². The summed E-state index contributed by atoms with van der Waals surface area (Å²) in [6.45, 7) is 0. The average molecular weight is 374 g/mol. The minimum atomic E-state index is -0.0756. The molecule has 0 spiro atoms. The van der Waals surface area contributed by atoms with Crippen LogP contribution in [0.2, 0.25) is 0 Å². The molecule has 0 atom stereocenters. The Hall–Kier alpha value is -3.53. The predicted molar refractivity (Wildman–Crippen MR) is 111 cm³/mol. The monoisotopic (exact) mass is 374 g/mol. The molecule has 0 aliphatic carbocycles. The van der Waals surface area contributed by atoms with E-state index >= 15 is 0 Å². The molecular formula is C24H22O4. The van der Waals surface area contributed by atoms with Crippen molar-refractivity contribution in [3.8, 4) is 28.4 Å². The minimum Gasteiger partial charge on any atom is -0.493 e. The topological polar surface area (TPSA) is 44.8 Å². The number of allylic oxidation sites excluding steroid dienone is 1. The van der Waals surface area contributed by atoms with Gasteiger partial charge in [-0.2, -0.15) is 0 Å². The Morgan fingerprint density at radius 3 is 1.86 bits per heavy atom. The van der Waals surface area contributed by atoms with Crippen LogP contribution in [-0.2, 0) is 0 Å². The van der Waals surface area contributed by atoms with Gasteiger partial charge in [0.15, 0.2) is 17.3 Å². The van der Waals surface area contributed by atoms with Crippen LogP contribution in [-0.4, -0.2) is 27.1 Å². The molecule has 0 fully saturated rings. The van der Waals surface area contributed by atoms with Crippen LogP contribution in [0.5, 0.6) is 17.2 Å². The fraction of sp³-hybridized carbons (Fsp3) is 0.125. The van der Waals surface area contributed by atoms with E-state index in [1.165, 1.54) is 6.08 Å². The van der Waals surface area contributed by atoms with E-state index < -0.39 is 0 Å². The highest BCUT2D eigenvalue weighted by Crippen LogP contribution is 2.38. The lowest BCUT2D eigenvalue weighted by molar-refractivity contribution is 0.104. The molecule has 0 bridgehead atoms. The van der Waals surface area contributed by atoms with Crippen molar-refractivity contribution in [1.82, 2.24) is 0 Å². The maximum Gasteiger partial charge on any atom is 0.203 e. The van der Waals surface area contributed by atoms with Gasteiger partial charge in [-0.15, -0.1) is 0 Å². The van der Waals surface area contributed by atoms with E-state index in [2.05, 4.69) is 0 Å². The highest BCUT2D eigenvalue weighted by molar-refractivity contribution is 6.07. The third kappa shape index (κ3) is 4.23. The normalized spacial score (nSPS) is 10.7. The fourth-order valence-electron chi connectivity index (χ4n) is 2.92. The van der Waals surface area contributed by atoms with Crippen LogP contribution in [0.15, 0.2) is 72.8 Å². The van der Waals surface area contributed by atoms with Crippen molar-refractivity contribution in [3.63, 3.8) is 0 Å². The summed E-state index contributed by atoms with van der Waals surface area (Å²) in [6.07, 6.45) is 3.27. The van der Waals surface area contributed by atoms with E-state index in [1.807, 2.05) is 54.6 Å².